The van der Waals surface area contributed by atoms with Crippen LogP contribution in [0.15, 0.2) is 151 Å². The van der Waals surface area contributed by atoms with E-state index in [2.05, 4.69) is 200 Å². The van der Waals surface area contributed by atoms with E-state index in [1.807, 2.05) is 0 Å². The Labute approximate surface area is 332 Å². The number of allylic oxidation sites excluding steroid dienone is 6. The van der Waals surface area contributed by atoms with Crippen LogP contribution in [-0.4, -0.2) is 0 Å². The molecule has 6 aromatic rings. The third-order valence-corrected chi connectivity index (χ3v) is 14.0. The van der Waals surface area contributed by atoms with Gasteiger partial charge in [-0.2, -0.15) is 0 Å². The lowest BCUT2D eigenvalue weighted by molar-refractivity contribution is 0.499. The Balaban J connectivity index is 0.901. The number of hydrogen-bond donors (Lipinski definition) is 0. The number of fused-ring (bicyclic) bond motifs is 6. The van der Waals surface area contributed by atoms with E-state index in [0.29, 0.717) is 11.8 Å². The van der Waals surface area contributed by atoms with Crippen LogP contribution in [0.25, 0.3) is 67.8 Å². The first-order chi connectivity index (χ1) is 26.9. The summed E-state index contributed by atoms with van der Waals surface area (Å²) < 4.78 is 0. The molecule has 6 aromatic carbocycles. The minimum absolute atomic E-state index is 0.0107. The lowest BCUT2D eigenvalue weighted by atomic mass is 9.65. The summed E-state index contributed by atoms with van der Waals surface area (Å²) in [5.74, 6) is 0.804. The van der Waals surface area contributed by atoms with Gasteiger partial charge in [0.15, 0.2) is 0 Å². The Morgan fingerprint density at radius 3 is 1.62 bits per heavy atom. The summed E-state index contributed by atoms with van der Waals surface area (Å²) in [6.07, 6.45) is 14.5. The second-order valence-corrected chi connectivity index (χ2v) is 18.9. The molecule has 0 saturated carbocycles. The van der Waals surface area contributed by atoms with Gasteiger partial charge in [0.25, 0.3) is 0 Å². The van der Waals surface area contributed by atoms with Crippen molar-refractivity contribution in [3.8, 4) is 55.6 Å². The predicted octanol–water partition coefficient (Wildman–Crippen LogP) is 15.0. The largest absolute Gasteiger partial charge is 0.0760 e. The lowest BCUT2D eigenvalue weighted by Gasteiger charge is -2.39. The van der Waals surface area contributed by atoms with Crippen LogP contribution in [0.1, 0.15) is 93.3 Å². The van der Waals surface area contributed by atoms with Gasteiger partial charge in [-0.1, -0.05) is 182 Å². The van der Waals surface area contributed by atoms with Gasteiger partial charge in [0.2, 0.25) is 0 Å². The van der Waals surface area contributed by atoms with Crippen molar-refractivity contribution in [1.82, 2.24) is 0 Å². The first-order valence-electron chi connectivity index (χ1n) is 20.5. The van der Waals surface area contributed by atoms with Crippen molar-refractivity contribution in [3.63, 3.8) is 0 Å². The second-order valence-electron chi connectivity index (χ2n) is 18.9. The third-order valence-electron chi connectivity index (χ3n) is 14.0. The molecule has 0 N–H and O–H groups in total. The third kappa shape index (κ3) is 4.72. The fourth-order valence-electron chi connectivity index (χ4n) is 10.8. The van der Waals surface area contributed by atoms with E-state index >= 15 is 0 Å². The van der Waals surface area contributed by atoms with Crippen molar-refractivity contribution >= 4 is 12.2 Å². The molecule has 5 aliphatic rings. The topological polar surface area (TPSA) is 0 Å². The number of hydrogen-bond acceptors (Lipinski definition) is 0. The first-order valence-corrected chi connectivity index (χ1v) is 20.5. The Kier molecular flexibility index (Phi) is 6.85. The predicted molar refractivity (Wildman–Crippen MR) is 238 cm³/mol. The van der Waals surface area contributed by atoms with Crippen LogP contribution in [-0.2, 0) is 10.8 Å². The maximum atomic E-state index is 2.52. The summed E-state index contributed by atoms with van der Waals surface area (Å²) >= 11 is 0. The van der Waals surface area contributed by atoms with E-state index < -0.39 is 0 Å². The monoisotopic (exact) mass is 720 g/mol. The molecule has 0 bridgehead atoms. The van der Waals surface area contributed by atoms with Crippen LogP contribution < -0.4 is 0 Å². The molecule has 0 radical (unpaired) electrons. The van der Waals surface area contributed by atoms with E-state index in [9.17, 15) is 0 Å². The van der Waals surface area contributed by atoms with E-state index in [4.69, 9.17) is 0 Å². The summed E-state index contributed by atoms with van der Waals surface area (Å²) in [5.41, 5.74) is 26.0. The standard InChI is InChI=1S/C56H48/c1-54(2,3)41-28-39-17-16-35-18-23-42(47-27-22-40(29-41)52(39)53(35)47)34-14-12-33(13-15-34)36-19-24-45-46-26-21-38(32-51(46)56(6,7)50(45)30-36)37-20-25-44-43-10-8-9-11-48(43)55(4,5)49(44)31-37/h8-32,40,52H,1-7H3. The van der Waals surface area contributed by atoms with Gasteiger partial charge in [-0.05, 0) is 129 Å². The van der Waals surface area contributed by atoms with E-state index in [1.165, 1.54) is 106 Å². The van der Waals surface area contributed by atoms with Gasteiger partial charge in [0.1, 0.15) is 0 Å². The summed E-state index contributed by atoms with van der Waals surface area (Å²) in [6, 6.07) is 44.3. The SMILES string of the molecule is CC(C)(C)C1=CC2C=Cc3c(-c4ccc(-c5ccc6c(c5)C(C)(C)c5cc(-c7ccc8c(c7)C(C)(C)c7ccccc7-8)ccc5-6)cc4)ccc4c3C2C(=C1)C=C4. The van der Waals surface area contributed by atoms with Gasteiger partial charge in [-0.3, -0.25) is 0 Å². The van der Waals surface area contributed by atoms with Crippen molar-refractivity contribution in [2.45, 2.75) is 65.2 Å². The smallest absolute Gasteiger partial charge is 0.0199 e. The van der Waals surface area contributed by atoms with Crippen LogP contribution in [0.3, 0.4) is 0 Å². The van der Waals surface area contributed by atoms with Gasteiger partial charge in [-0.15, -0.1) is 0 Å². The molecule has 0 aliphatic heterocycles. The Morgan fingerprint density at radius 1 is 0.482 bits per heavy atom. The van der Waals surface area contributed by atoms with Gasteiger partial charge in [0, 0.05) is 22.7 Å². The van der Waals surface area contributed by atoms with E-state index in [1.54, 1.807) is 0 Å². The summed E-state index contributed by atoms with van der Waals surface area (Å²) in [5, 5.41) is 0. The highest BCUT2D eigenvalue weighted by Gasteiger charge is 2.39. The molecule has 2 unspecified atom stereocenters. The summed E-state index contributed by atoms with van der Waals surface area (Å²) in [6.45, 7) is 16.5. The highest BCUT2D eigenvalue weighted by atomic mass is 14.4. The van der Waals surface area contributed by atoms with Crippen molar-refractivity contribution in [1.29, 1.82) is 0 Å². The minimum atomic E-state index is -0.109. The van der Waals surface area contributed by atoms with Crippen molar-refractivity contribution in [3.05, 3.63) is 190 Å². The van der Waals surface area contributed by atoms with Crippen molar-refractivity contribution in [2.24, 2.45) is 11.3 Å². The summed E-state index contributed by atoms with van der Waals surface area (Å²) in [7, 11) is 0. The molecule has 5 aliphatic carbocycles. The van der Waals surface area contributed by atoms with Crippen LogP contribution >= 0.6 is 0 Å². The molecule has 0 heteroatoms. The molecule has 0 spiro atoms. The van der Waals surface area contributed by atoms with Gasteiger partial charge >= 0.3 is 0 Å². The Morgan fingerprint density at radius 2 is 1.00 bits per heavy atom. The van der Waals surface area contributed by atoms with Gasteiger partial charge in [0.05, 0.1) is 0 Å². The van der Waals surface area contributed by atoms with Crippen LogP contribution in [0, 0.1) is 11.3 Å². The van der Waals surface area contributed by atoms with Gasteiger partial charge in [-0.25, -0.2) is 0 Å². The molecule has 0 nitrogen and oxygen atoms in total. The molecule has 0 heterocycles. The molecule has 0 fully saturated rings. The maximum Gasteiger partial charge on any atom is 0.0199 e. The van der Waals surface area contributed by atoms with Crippen LogP contribution in [0.5, 0.6) is 0 Å². The number of benzene rings is 6. The molecular weight excluding hydrogens is 673 g/mol. The molecule has 56 heavy (non-hydrogen) atoms. The van der Waals surface area contributed by atoms with E-state index in [0.717, 1.165) is 0 Å². The zero-order chi connectivity index (χ0) is 38.3. The number of rotatable bonds is 3. The van der Waals surface area contributed by atoms with Crippen molar-refractivity contribution < 1.29 is 0 Å². The fraction of sp³-hybridized carbons (Fsp3) is 0.214. The van der Waals surface area contributed by atoms with Gasteiger partial charge < -0.3 is 0 Å². The first kappa shape index (κ1) is 33.6. The molecule has 0 saturated heterocycles. The molecule has 272 valence electrons. The normalized spacial score (nSPS) is 19.7. The Bertz CT molecular complexity index is 2820. The highest BCUT2D eigenvalue weighted by Crippen LogP contribution is 2.54. The molecule has 0 aromatic heterocycles. The molecular formula is C56H48. The molecule has 0 amide bonds. The Hall–Kier alpha value is -5.72. The average molecular weight is 721 g/mol. The van der Waals surface area contributed by atoms with Crippen LogP contribution in [0.4, 0.5) is 0 Å². The van der Waals surface area contributed by atoms with E-state index in [-0.39, 0.29) is 16.2 Å². The molecule has 11 rings (SSSR count). The fourth-order valence-corrected chi connectivity index (χ4v) is 10.8. The highest BCUT2D eigenvalue weighted by molar-refractivity contribution is 5.89. The zero-order valence-corrected chi connectivity index (χ0v) is 33.6. The minimum Gasteiger partial charge on any atom is -0.0760 e. The summed E-state index contributed by atoms with van der Waals surface area (Å²) in [4.78, 5) is 0. The quantitative estimate of drug-likeness (QED) is 0.171. The second kappa shape index (κ2) is 11.4. The van der Waals surface area contributed by atoms with Crippen molar-refractivity contribution in [2.75, 3.05) is 0 Å². The van der Waals surface area contributed by atoms with Crippen LogP contribution in [0.2, 0.25) is 0 Å². The zero-order valence-electron chi connectivity index (χ0n) is 33.6. The maximum absolute atomic E-state index is 2.52. The lowest BCUT2D eigenvalue weighted by Crippen LogP contribution is -2.24. The molecule has 2 atom stereocenters. The average Bonchev–Trinajstić information content (AvgIpc) is 3.58.